The molecule has 0 radical (unpaired) electrons. The summed E-state index contributed by atoms with van der Waals surface area (Å²) in [6.07, 6.45) is 4.20. The summed E-state index contributed by atoms with van der Waals surface area (Å²) in [6.45, 7) is 13.5. The van der Waals surface area contributed by atoms with Crippen molar-refractivity contribution in [3.8, 4) is 69.0 Å². The van der Waals surface area contributed by atoms with Crippen molar-refractivity contribution in [1.29, 1.82) is 0 Å². The van der Waals surface area contributed by atoms with Crippen LogP contribution in [0.3, 0.4) is 0 Å². The van der Waals surface area contributed by atoms with Gasteiger partial charge in [-0.25, -0.2) is 24.0 Å². The van der Waals surface area contributed by atoms with Gasteiger partial charge in [0.2, 0.25) is 0 Å². The predicted octanol–water partition coefficient (Wildman–Crippen LogP) is 13.8. The van der Waals surface area contributed by atoms with Crippen molar-refractivity contribution >= 4 is 35.8 Å². The fourth-order valence-electron chi connectivity index (χ4n) is 8.30. The van der Waals surface area contributed by atoms with Gasteiger partial charge >= 0.3 is 35.8 Å². The Morgan fingerprint density at radius 1 is 0.411 bits per heavy atom. The van der Waals surface area contributed by atoms with E-state index in [1.807, 2.05) is 32.9 Å². The molecule has 1 aliphatic heterocycles. The number of ether oxygens (including phenoxy) is 13. The van der Waals surface area contributed by atoms with E-state index in [-0.39, 0.29) is 74.7 Å². The maximum Gasteiger partial charge on any atom is 0.347 e. The zero-order valence-electron chi connectivity index (χ0n) is 54.6. The van der Waals surface area contributed by atoms with Crippen LogP contribution in [-0.2, 0) is 19.0 Å². The van der Waals surface area contributed by atoms with Gasteiger partial charge in [-0.05, 0) is 204 Å². The number of aromatic hydroxyl groups is 2. The Morgan fingerprint density at radius 3 is 1.18 bits per heavy atom. The molecule has 2 unspecified atom stereocenters. The first-order valence-electron chi connectivity index (χ1n) is 30.2. The van der Waals surface area contributed by atoms with E-state index < -0.39 is 35.8 Å². The Morgan fingerprint density at radius 2 is 0.800 bits per heavy atom. The molecule has 9 rings (SSSR count). The molecule has 0 aromatic heterocycles. The Hall–Kier alpha value is -10.7. The van der Waals surface area contributed by atoms with Gasteiger partial charge < -0.3 is 71.8 Å². The zero-order chi connectivity index (χ0) is 68.8. The van der Waals surface area contributed by atoms with E-state index in [0.717, 1.165) is 25.2 Å². The summed E-state index contributed by atoms with van der Waals surface area (Å²) in [5.74, 6) is 0.319. The summed E-state index contributed by atoms with van der Waals surface area (Å²) in [4.78, 5) is 74.7. The van der Waals surface area contributed by atoms with Gasteiger partial charge in [-0.15, -0.1) is 0 Å². The van der Waals surface area contributed by atoms with Crippen LogP contribution in [0.4, 0.5) is 0 Å². The van der Waals surface area contributed by atoms with E-state index in [0.29, 0.717) is 65.1 Å². The first kappa shape index (κ1) is 73.3. The van der Waals surface area contributed by atoms with Crippen LogP contribution in [0, 0.1) is 20.8 Å². The Kier molecular flexibility index (Phi) is 29.1. The number of rotatable bonds is 23. The second-order valence-corrected chi connectivity index (χ2v) is 21.2. The molecule has 8 aromatic carbocycles. The standard InChI is InChI=1S/C43H38O13.C20H24O5.C7H8O2.C4H8O/c1-26-24-36(19-21-38(26)56-42(47)31-6-12-32(13-7-31)52-28(3)44)55-41(46)30-8-14-33(15-9-30)53-40(45)29-10-16-34(17-11-29)54-43(48)37-20-18-35(25-39(37)50-5)51-23-22-27(2)49-4;1-14-5-7-16(8-6-14)25-20(21)18-10-9-17(13-19(18)23-4)24-12-11-15(2)22-3;1-5-4-6(8)2-3-7(5)9;1-2-4-5-3-1/h6-21,24-25,27H,22-23H2,1-5H3;5-10,13,15H,11-12H2,1-4H3;2-4,8-9H,1H3;1-4H2. The molecule has 1 heterocycles. The van der Waals surface area contributed by atoms with E-state index in [9.17, 15) is 28.8 Å². The molecule has 8 aromatic rings. The minimum Gasteiger partial charge on any atom is -0.508 e. The zero-order valence-corrected chi connectivity index (χ0v) is 54.6. The number of phenols is 2. The van der Waals surface area contributed by atoms with Crippen LogP contribution in [0.5, 0.6) is 69.0 Å². The molecule has 0 aliphatic carbocycles. The normalized spacial score (nSPS) is 11.8. The lowest BCUT2D eigenvalue weighted by atomic mass is 10.2. The molecule has 0 saturated carbocycles. The molecule has 0 amide bonds. The second-order valence-electron chi connectivity index (χ2n) is 21.2. The average Bonchev–Trinajstić information content (AvgIpc) is 1.64. The number of carbonyl (C=O) groups excluding carboxylic acids is 6. The SMILES string of the molecule is C1CCOC1.COc1cc(OCCC(C)OC)ccc1C(=O)Oc1ccc(C(=O)Oc2ccc(C(=O)Oc3ccc(OC(=O)c4ccc(OC(C)=O)cc4)c(C)c3)cc2)cc1.COc1cc(OCCC(C)OC)ccc1C(=O)Oc1ccc(C)cc1.Cc1cc(O)ccc1O. The summed E-state index contributed by atoms with van der Waals surface area (Å²) in [6, 6.07) is 43.6. The quantitative estimate of drug-likeness (QED) is 0.0342. The molecule has 0 bridgehead atoms. The van der Waals surface area contributed by atoms with Crippen LogP contribution in [0.15, 0.2) is 170 Å². The Labute approximate surface area is 551 Å². The predicted molar refractivity (Wildman–Crippen MR) is 352 cm³/mol. The fourth-order valence-corrected chi connectivity index (χ4v) is 8.30. The van der Waals surface area contributed by atoms with E-state index >= 15 is 0 Å². The number of methoxy groups -OCH3 is 4. The van der Waals surface area contributed by atoms with Crippen molar-refractivity contribution < 1.29 is 101 Å². The molecule has 1 fully saturated rings. The van der Waals surface area contributed by atoms with Gasteiger partial charge in [-0.1, -0.05) is 17.7 Å². The first-order valence-corrected chi connectivity index (χ1v) is 30.2. The van der Waals surface area contributed by atoms with Gasteiger partial charge in [0.25, 0.3) is 0 Å². The number of hydrogen-bond acceptors (Lipinski definition) is 21. The minimum atomic E-state index is -0.675. The highest BCUT2D eigenvalue weighted by Gasteiger charge is 2.20. The van der Waals surface area contributed by atoms with E-state index in [4.69, 9.17) is 71.8 Å². The van der Waals surface area contributed by atoms with Crippen molar-refractivity contribution in [2.75, 3.05) is 54.9 Å². The third kappa shape index (κ3) is 24.4. The molecule has 2 atom stereocenters. The number of aryl methyl sites for hydroxylation is 3. The first-order chi connectivity index (χ1) is 45.6. The molecule has 0 spiro atoms. The third-order valence-electron chi connectivity index (χ3n) is 13.9. The molecule has 500 valence electrons. The van der Waals surface area contributed by atoms with E-state index in [1.165, 1.54) is 137 Å². The Balaban J connectivity index is 0.000000296. The van der Waals surface area contributed by atoms with Crippen LogP contribution in [-0.4, -0.2) is 113 Å². The van der Waals surface area contributed by atoms with Gasteiger partial charge in [0, 0.05) is 59.3 Å². The van der Waals surface area contributed by atoms with E-state index in [1.54, 1.807) is 82.7 Å². The van der Waals surface area contributed by atoms with Crippen LogP contribution >= 0.6 is 0 Å². The van der Waals surface area contributed by atoms with Crippen LogP contribution < -0.4 is 47.4 Å². The van der Waals surface area contributed by atoms with E-state index in [2.05, 4.69) is 0 Å². The summed E-state index contributed by atoms with van der Waals surface area (Å²) < 4.78 is 69.7. The average molecular weight is 1300 g/mol. The maximum absolute atomic E-state index is 12.9. The van der Waals surface area contributed by atoms with Gasteiger partial charge in [-0.2, -0.15) is 0 Å². The number of benzene rings is 8. The van der Waals surface area contributed by atoms with Crippen molar-refractivity contribution in [2.45, 2.75) is 79.4 Å². The van der Waals surface area contributed by atoms with Crippen molar-refractivity contribution in [3.05, 3.63) is 214 Å². The van der Waals surface area contributed by atoms with Crippen LogP contribution in [0.2, 0.25) is 0 Å². The van der Waals surface area contributed by atoms with Crippen molar-refractivity contribution in [3.63, 3.8) is 0 Å². The highest BCUT2D eigenvalue weighted by Crippen LogP contribution is 2.30. The fraction of sp³-hybridized carbons (Fsp3) is 0.270. The van der Waals surface area contributed by atoms with Gasteiger partial charge in [0.15, 0.2) is 0 Å². The summed E-state index contributed by atoms with van der Waals surface area (Å²) >= 11 is 0. The summed E-state index contributed by atoms with van der Waals surface area (Å²) in [5, 5.41) is 17.8. The summed E-state index contributed by atoms with van der Waals surface area (Å²) in [7, 11) is 6.25. The maximum atomic E-state index is 12.9. The highest BCUT2D eigenvalue weighted by molar-refractivity contribution is 5.96. The number of phenolic OH excluding ortho intramolecular Hbond substituents is 2. The molecular formula is C74H78O21. The Bertz CT molecular complexity index is 3800. The molecule has 95 heavy (non-hydrogen) atoms. The lowest BCUT2D eigenvalue weighted by Gasteiger charge is -2.13. The third-order valence-corrected chi connectivity index (χ3v) is 13.9. The van der Waals surface area contributed by atoms with Crippen molar-refractivity contribution in [2.24, 2.45) is 0 Å². The number of esters is 6. The lowest BCUT2D eigenvalue weighted by Crippen LogP contribution is -2.12. The molecule has 21 nitrogen and oxygen atoms in total. The number of hydrogen-bond donors (Lipinski definition) is 2. The van der Waals surface area contributed by atoms with Crippen LogP contribution in [0.1, 0.15) is 115 Å². The van der Waals surface area contributed by atoms with Gasteiger partial charge in [0.1, 0.15) is 80.1 Å². The highest BCUT2D eigenvalue weighted by atomic mass is 16.6. The largest absolute Gasteiger partial charge is 0.508 e. The number of carbonyl (C=O) groups is 6. The second kappa shape index (κ2) is 37.7. The minimum absolute atomic E-state index is 0.0472. The van der Waals surface area contributed by atoms with Crippen LogP contribution in [0.25, 0.3) is 0 Å². The molecular weight excluding hydrogens is 1220 g/mol. The topological polar surface area (TPSA) is 263 Å². The van der Waals surface area contributed by atoms with Gasteiger partial charge in [0.05, 0.1) is 56.3 Å². The lowest BCUT2D eigenvalue weighted by molar-refractivity contribution is -0.131. The summed E-state index contributed by atoms with van der Waals surface area (Å²) in [5.41, 5.74) is 3.49. The molecule has 1 saturated heterocycles. The monoisotopic (exact) mass is 1300 g/mol. The molecule has 1 aliphatic rings. The van der Waals surface area contributed by atoms with Gasteiger partial charge in [-0.3, -0.25) is 4.79 Å². The van der Waals surface area contributed by atoms with Crippen molar-refractivity contribution in [1.82, 2.24) is 0 Å². The molecule has 2 N–H and O–H groups in total. The molecule has 21 heteroatoms. The smallest absolute Gasteiger partial charge is 0.347 e.